The van der Waals surface area contributed by atoms with Crippen LogP contribution >= 0.6 is 0 Å². The summed E-state index contributed by atoms with van der Waals surface area (Å²) in [6, 6.07) is 16.4. The van der Waals surface area contributed by atoms with Crippen LogP contribution < -0.4 is 10.6 Å². The lowest BCUT2D eigenvalue weighted by Crippen LogP contribution is -2.19. The highest BCUT2D eigenvalue weighted by Crippen LogP contribution is 2.36. The lowest BCUT2D eigenvalue weighted by molar-refractivity contribution is 0.262. The highest BCUT2D eigenvalue weighted by molar-refractivity contribution is 5.99. The molecule has 1 aromatic heterocycles. The van der Waals surface area contributed by atoms with Crippen LogP contribution in [0.5, 0.6) is 0 Å². The van der Waals surface area contributed by atoms with Crippen molar-refractivity contribution in [1.82, 2.24) is 10.1 Å². The van der Waals surface area contributed by atoms with Crippen LogP contribution in [0.3, 0.4) is 0 Å². The highest BCUT2D eigenvalue weighted by atomic mass is 16.5. The molecule has 1 aliphatic carbocycles. The van der Waals surface area contributed by atoms with E-state index in [0.29, 0.717) is 17.4 Å². The molecular weight excluding hydrogens is 316 g/mol. The molecule has 2 N–H and O–H groups in total. The van der Waals surface area contributed by atoms with Crippen molar-refractivity contribution >= 4 is 17.4 Å². The molecule has 25 heavy (non-hydrogen) atoms. The Labute approximate surface area is 145 Å². The van der Waals surface area contributed by atoms with Crippen molar-refractivity contribution in [1.29, 1.82) is 0 Å². The molecule has 6 heteroatoms. The smallest absolute Gasteiger partial charge is 0.323 e. The molecule has 2 amide bonds. The summed E-state index contributed by atoms with van der Waals surface area (Å²) in [6.45, 7) is 0. The van der Waals surface area contributed by atoms with Crippen molar-refractivity contribution in [2.45, 2.75) is 25.2 Å². The van der Waals surface area contributed by atoms with Gasteiger partial charge in [0.2, 0.25) is 11.7 Å². The van der Waals surface area contributed by atoms with Crippen LogP contribution in [0.1, 0.15) is 31.1 Å². The molecule has 0 atom stereocenters. The fourth-order valence-electron chi connectivity index (χ4n) is 2.69. The summed E-state index contributed by atoms with van der Waals surface area (Å²) in [7, 11) is 0. The number of nitrogens with zero attached hydrogens (tertiary/aromatic N) is 2. The molecule has 1 heterocycles. The topological polar surface area (TPSA) is 80.0 Å². The Morgan fingerprint density at radius 1 is 0.960 bits per heavy atom. The molecule has 1 fully saturated rings. The molecule has 0 bridgehead atoms. The van der Waals surface area contributed by atoms with Crippen molar-refractivity contribution in [3.05, 3.63) is 60.5 Å². The molecule has 2 aromatic carbocycles. The van der Waals surface area contributed by atoms with E-state index in [-0.39, 0.29) is 6.03 Å². The van der Waals surface area contributed by atoms with Gasteiger partial charge in [0.25, 0.3) is 0 Å². The van der Waals surface area contributed by atoms with Gasteiger partial charge in [-0.05, 0) is 49.2 Å². The Bertz CT molecular complexity index is 855. The first-order valence-corrected chi connectivity index (χ1v) is 8.35. The van der Waals surface area contributed by atoms with E-state index in [2.05, 4.69) is 20.8 Å². The van der Waals surface area contributed by atoms with Crippen LogP contribution in [0.4, 0.5) is 16.2 Å². The van der Waals surface area contributed by atoms with E-state index in [1.807, 2.05) is 54.6 Å². The van der Waals surface area contributed by atoms with Crippen LogP contribution in [0.2, 0.25) is 0 Å². The largest absolute Gasteiger partial charge is 0.339 e. The van der Waals surface area contributed by atoms with Gasteiger partial charge in [0, 0.05) is 22.9 Å². The maximum absolute atomic E-state index is 12.0. The third-order valence-corrected chi connectivity index (χ3v) is 4.33. The van der Waals surface area contributed by atoms with Crippen LogP contribution in [-0.4, -0.2) is 16.2 Å². The number of hydrogen-bond donors (Lipinski definition) is 2. The van der Waals surface area contributed by atoms with Crippen molar-refractivity contribution in [3.63, 3.8) is 0 Å². The average molecular weight is 334 g/mol. The summed E-state index contributed by atoms with van der Waals surface area (Å²) in [5, 5.41) is 9.62. The normalized spacial score (nSPS) is 13.9. The number of para-hydroxylation sites is 1. The Kier molecular flexibility index (Phi) is 4.16. The van der Waals surface area contributed by atoms with Gasteiger partial charge in [-0.3, -0.25) is 0 Å². The number of hydrogen-bond acceptors (Lipinski definition) is 4. The van der Waals surface area contributed by atoms with Gasteiger partial charge in [-0.15, -0.1) is 0 Å². The number of carbonyl (C=O) groups is 1. The fourth-order valence-corrected chi connectivity index (χ4v) is 2.69. The van der Waals surface area contributed by atoms with Gasteiger partial charge < -0.3 is 15.2 Å². The second-order valence-electron chi connectivity index (χ2n) is 6.11. The van der Waals surface area contributed by atoms with Crippen molar-refractivity contribution < 1.29 is 9.32 Å². The number of carbonyl (C=O) groups excluding carboxylic acids is 1. The molecule has 0 radical (unpaired) electrons. The van der Waals surface area contributed by atoms with E-state index in [9.17, 15) is 4.79 Å². The maximum atomic E-state index is 12.0. The van der Waals surface area contributed by atoms with Crippen LogP contribution in [0, 0.1) is 0 Å². The molecule has 3 aromatic rings. The zero-order valence-electron chi connectivity index (χ0n) is 13.6. The standard InChI is InChI=1S/C19H18N4O2/c24-19(20-15-7-2-1-3-8-15)21-16-11-9-13(10-12-16)17-22-18(25-23-17)14-5-4-6-14/h1-3,7-12,14H,4-6H2,(H2,20,21,24). The molecule has 1 aliphatic rings. The second kappa shape index (κ2) is 6.76. The van der Waals surface area contributed by atoms with E-state index < -0.39 is 0 Å². The Balaban J connectivity index is 1.39. The number of aromatic nitrogens is 2. The minimum absolute atomic E-state index is 0.286. The number of anilines is 2. The van der Waals surface area contributed by atoms with E-state index in [1.165, 1.54) is 6.42 Å². The van der Waals surface area contributed by atoms with Gasteiger partial charge in [-0.25, -0.2) is 4.79 Å². The third-order valence-electron chi connectivity index (χ3n) is 4.33. The zero-order valence-corrected chi connectivity index (χ0v) is 13.6. The molecule has 0 unspecified atom stereocenters. The Hall–Kier alpha value is -3.15. The summed E-state index contributed by atoms with van der Waals surface area (Å²) in [5.74, 6) is 1.73. The monoisotopic (exact) mass is 334 g/mol. The summed E-state index contributed by atoms with van der Waals surface area (Å²) < 4.78 is 5.34. The molecule has 1 saturated carbocycles. The Morgan fingerprint density at radius 2 is 1.64 bits per heavy atom. The number of rotatable bonds is 4. The molecule has 4 rings (SSSR count). The summed E-state index contributed by atoms with van der Waals surface area (Å²) in [6.07, 6.45) is 3.48. The summed E-state index contributed by atoms with van der Waals surface area (Å²) >= 11 is 0. The molecule has 126 valence electrons. The van der Waals surface area contributed by atoms with Gasteiger partial charge in [0.1, 0.15) is 0 Å². The highest BCUT2D eigenvalue weighted by Gasteiger charge is 2.25. The lowest BCUT2D eigenvalue weighted by atomic mass is 9.85. The average Bonchev–Trinajstić information content (AvgIpc) is 3.04. The van der Waals surface area contributed by atoms with E-state index >= 15 is 0 Å². The number of benzene rings is 2. The van der Waals surface area contributed by atoms with Crippen molar-refractivity contribution in [3.8, 4) is 11.4 Å². The predicted octanol–water partition coefficient (Wildman–Crippen LogP) is 4.65. The SMILES string of the molecule is O=C(Nc1ccccc1)Nc1ccc(-c2noc(C3CCC3)n2)cc1. The van der Waals surface area contributed by atoms with Gasteiger partial charge in [0.05, 0.1) is 0 Å². The first kappa shape index (κ1) is 15.4. The van der Waals surface area contributed by atoms with E-state index in [4.69, 9.17) is 4.52 Å². The van der Waals surface area contributed by atoms with Gasteiger partial charge in [-0.1, -0.05) is 29.8 Å². The molecule has 6 nitrogen and oxygen atoms in total. The first-order valence-electron chi connectivity index (χ1n) is 8.35. The summed E-state index contributed by atoms with van der Waals surface area (Å²) in [5.41, 5.74) is 2.30. The minimum atomic E-state index is -0.286. The minimum Gasteiger partial charge on any atom is -0.339 e. The lowest BCUT2D eigenvalue weighted by Gasteiger charge is -2.20. The van der Waals surface area contributed by atoms with Gasteiger partial charge >= 0.3 is 6.03 Å². The second-order valence-corrected chi connectivity index (χ2v) is 6.11. The maximum Gasteiger partial charge on any atom is 0.323 e. The van der Waals surface area contributed by atoms with E-state index in [1.54, 1.807) is 0 Å². The number of urea groups is 1. The molecule has 0 saturated heterocycles. The third kappa shape index (κ3) is 3.52. The number of nitrogens with one attached hydrogen (secondary N) is 2. The van der Waals surface area contributed by atoms with Gasteiger partial charge in [0.15, 0.2) is 0 Å². The molecular formula is C19H18N4O2. The van der Waals surface area contributed by atoms with Crippen LogP contribution in [0.25, 0.3) is 11.4 Å². The molecule has 0 spiro atoms. The first-order chi connectivity index (χ1) is 12.3. The van der Waals surface area contributed by atoms with Crippen molar-refractivity contribution in [2.24, 2.45) is 0 Å². The summed E-state index contributed by atoms with van der Waals surface area (Å²) in [4.78, 5) is 16.5. The quantitative estimate of drug-likeness (QED) is 0.728. The fraction of sp³-hybridized carbons (Fsp3) is 0.211. The van der Waals surface area contributed by atoms with Crippen molar-refractivity contribution in [2.75, 3.05) is 10.6 Å². The number of amides is 2. The van der Waals surface area contributed by atoms with E-state index in [0.717, 1.165) is 30.0 Å². The predicted molar refractivity (Wildman–Crippen MR) is 95.4 cm³/mol. The van der Waals surface area contributed by atoms with Gasteiger partial charge in [-0.2, -0.15) is 4.98 Å². The van der Waals surface area contributed by atoms with Crippen LogP contribution in [-0.2, 0) is 0 Å². The van der Waals surface area contributed by atoms with Crippen LogP contribution in [0.15, 0.2) is 59.1 Å². The zero-order chi connectivity index (χ0) is 17.1. The molecule has 0 aliphatic heterocycles. The Morgan fingerprint density at radius 3 is 2.28 bits per heavy atom.